The zero-order chi connectivity index (χ0) is 18.9. The maximum absolute atomic E-state index is 12.7. The molecular weight excluding hydrogens is 352 g/mol. The van der Waals surface area contributed by atoms with Crippen LogP contribution in [0.2, 0.25) is 5.02 Å². The SMILES string of the molecule is CCN(C(=O)COc1nc2cc(Cl)ccc2o1)C1=CC(C)CC(C)(C)C1. The Bertz CT molecular complexity index is 841. The van der Waals surface area contributed by atoms with E-state index in [4.69, 9.17) is 20.8 Å². The number of carbonyl (C=O) groups excluding carboxylic acids is 1. The van der Waals surface area contributed by atoms with Crippen LogP contribution in [-0.4, -0.2) is 28.9 Å². The average molecular weight is 377 g/mol. The van der Waals surface area contributed by atoms with Gasteiger partial charge in [0.05, 0.1) is 0 Å². The Balaban J connectivity index is 1.69. The van der Waals surface area contributed by atoms with E-state index in [-0.39, 0.29) is 24.0 Å². The number of aromatic nitrogens is 1. The molecule has 0 saturated carbocycles. The van der Waals surface area contributed by atoms with E-state index in [1.54, 1.807) is 23.1 Å². The second kappa shape index (κ2) is 7.31. The Kier molecular flexibility index (Phi) is 5.28. The van der Waals surface area contributed by atoms with Gasteiger partial charge in [0.25, 0.3) is 5.91 Å². The molecule has 1 unspecified atom stereocenters. The lowest BCUT2D eigenvalue weighted by Gasteiger charge is -2.37. The van der Waals surface area contributed by atoms with Gasteiger partial charge in [-0.05, 0) is 49.3 Å². The summed E-state index contributed by atoms with van der Waals surface area (Å²) in [4.78, 5) is 18.7. The van der Waals surface area contributed by atoms with E-state index in [1.165, 1.54) is 0 Å². The predicted octanol–water partition coefficient (Wildman–Crippen LogP) is 5.05. The number of likely N-dealkylation sites (N-methyl/N-ethyl adjacent to an activating group) is 1. The number of hydrogen-bond acceptors (Lipinski definition) is 4. The number of ether oxygens (including phenoxy) is 1. The number of rotatable bonds is 5. The van der Waals surface area contributed by atoms with E-state index in [1.807, 2.05) is 6.92 Å². The maximum atomic E-state index is 12.7. The molecule has 0 radical (unpaired) electrons. The van der Waals surface area contributed by atoms with Crippen LogP contribution in [0.5, 0.6) is 6.08 Å². The van der Waals surface area contributed by atoms with Gasteiger partial charge in [-0.3, -0.25) is 4.79 Å². The van der Waals surface area contributed by atoms with Crippen LogP contribution in [0.4, 0.5) is 0 Å². The highest BCUT2D eigenvalue weighted by Gasteiger charge is 2.30. The molecule has 0 aliphatic heterocycles. The number of hydrogen-bond donors (Lipinski definition) is 0. The van der Waals surface area contributed by atoms with Gasteiger partial charge in [-0.25, -0.2) is 0 Å². The van der Waals surface area contributed by atoms with Crippen molar-refractivity contribution in [3.8, 4) is 6.08 Å². The molecule has 2 aromatic rings. The summed E-state index contributed by atoms with van der Waals surface area (Å²) in [6.07, 6.45) is 4.30. The number of oxazole rings is 1. The molecule has 1 heterocycles. The third-order valence-electron chi connectivity index (χ3n) is 4.62. The molecule has 0 fully saturated rings. The van der Waals surface area contributed by atoms with Crippen molar-refractivity contribution in [2.75, 3.05) is 13.2 Å². The highest BCUT2D eigenvalue weighted by molar-refractivity contribution is 6.31. The molecule has 0 spiro atoms. The Labute approximate surface area is 159 Å². The summed E-state index contributed by atoms with van der Waals surface area (Å²) < 4.78 is 11.0. The molecule has 0 N–H and O–H groups in total. The minimum Gasteiger partial charge on any atom is -0.440 e. The lowest BCUT2D eigenvalue weighted by Crippen LogP contribution is -2.37. The van der Waals surface area contributed by atoms with E-state index >= 15 is 0 Å². The van der Waals surface area contributed by atoms with Crippen molar-refractivity contribution in [2.45, 2.75) is 40.5 Å². The molecule has 1 aromatic heterocycles. The van der Waals surface area contributed by atoms with Gasteiger partial charge in [0, 0.05) is 17.3 Å². The summed E-state index contributed by atoms with van der Waals surface area (Å²) >= 11 is 5.95. The smallest absolute Gasteiger partial charge is 0.395 e. The summed E-state index contributed by atoms with van der Waals surface area (Å²) in [5.41, 5.74) is 2.46. The van der Waals surface area contributed by atoms with E-state index < -0.39 is 0 Å². The highest BCUT2D eigenvalue weighted by atomic mass is 35.5. The zero-order valence-electron chi connectivity index (χ0n) is 15.7. The van der Waals surface area contributed by atoms with Gasteiger partial charge in [0.1, 0.15) is 5.52 Å². The van der Waals surface area contributed by atoms with Gasteiger partial charge in [0.15, 0.2) is 12.2 Å². The third kappa shape index (κ3) is 4.21. The number of halogens is 1. The standard InChI is InChI=1S/C20H25ClN2O3/c1-5-23(15-8-13(2)10-20(3,4)11-15)18(24)12-25-19-22-16-9-14(21)6-7-17(16)26-19/h6-9,13H,5,10-12H2,1-4H3. The summed E-state index contributed by atoms with van der Waals surface area (Å²) in [6.45, 7) is 9.16. The minimum atomic E-state index is -0.111. The van der Waals surface area contributed by atoms with Crippen LogP contribution in [0.1, 0.15) is 40.5 Å². The molecule has 3 rings (SSSR count). The van der Waals surface area contributed by atoms with Crippen LogP contribution in [0, 0.1) is 11.3 Å². The topological polar surface area (TPSA) is 55.6 Å². The minimum absolute atomic E-state index is 0.0815. The van der Waals surface area contributed by atoms with Gasteiger partial charge in [0.2, 0.25) is 0 Å². The maximum Gasteiger partial charge on any atom is 0.395 e. The Morgan fingerprint density at radius 1 is 1.46 bits per heavy atom. The van der Waals surface area contributed by atoms with E-state index in [0.717, 1.165) is 18.5 Å². The van der Waals surface area contributed by atoms with Crippen LogP contribution in [0.3, 0.4) is 0 Å². The van der Waals surface area contributed by atoms with Gasteiger partial charge in [-0.2, -0.15) is 4.98 Å². The van der Waals surface area contributed by atoms with Crippen molar-refractivity contribution in [2.24, 2.45) is 11.3 Å². The first-order chi connectivity index (χ1) is 12.3. The molecular formula is C20H25ClN2O3. The zero-order valence-corrected chi connectivity index (χ0v) is 16.5. The molecule has 0 saturated heterocycles. The Morgan fingerprint density at radius 2 is 2.23 bits per heavy atom. The molecule has 6 heteroatoms. The quantitative estimate of drug-likeness (QED) is 0.732. The summed E-state index contributed by atoms with van der Waals surface area (Å²) in [5, 5.41) is 0.576. The Morgan fingerprint density at radius 3 is 2.92 bits per heavy atom. The van der Waals surface area contributed by atoms with Crippen molar-refractivity contribution in [3.05, 3.63) is 35.0 Å². The van der Waals surface area contributed by atoms with Crippen LogP contribution in [0.15, 0.2) is 34.4 Å². The van der Waals surface area contributed by atoms with Crippen LogP contribution in [0.25, 0.3) is 11.1 Å². The lowest BCUT2D eigenvalue weighted by atomic mass is 9.75. The number of fused-ring (bicyclic) bond motifs is 1. The molecule has 1 aliphatic rings. The molecule has 140 valence electrons. The van der Waals surface area contributed by atoms with Crippen molar-refractivity contribution in [1.29, 1.82) is 0 Å². The monoisotopic (exact) mass is 376 g/mol. The molecule has 1 aromatic carbocycles. The number of carbonyl (C=O) groups is 1. The molecule has 1 aliphatic carbocycles. The van der Waals surface area contributed by atoms with Gasteiger partial charge >= 0.3 is 6.08 Å². The van der Waals surface area contributed by atoms with Crippen molar-refractivity contribution in [3.63, 3.8) is 0 Å². The predicted molar refractivity (Wildman–Crippen MR) is 102 cm³/mol. The number of amides is 1. The third-order valence-corrected chi connectivity index (χ3v) is 4.86. The fourth-order valence-electron chi connectivity index (χ4n) is 3.75. The lowest BCUT2D eigenvalue weighted by molar-refractivity contribution is -0.132. The summed E-state index contributed by atoms with van der Waals surface area (Å²) in [6, 6.07) is 5.15. The van der Waals surface area contributed by atoms with Crippen LogP contribution in [-0.2, 0) is 4.79 Å². The van der Waals surface area contributed by atoms with Gasteiger partial charge < -0.3 is 14.1 Å². The molecule has 1 amide bonds. The van der Waals surface area contributed by atoms with E-state index in [0.29, 0.717) is 28.6 Å². The largest absolute Gasteiger partial charge is 0.440 e. The second-order valence-electron chi connectivity index (χ2n) is 7.70. The van der Waals surface area contributed by atoms with Crippen molar-refractivity contribution < 1.29 is 13.9 Å². The van der Waals surface area contributed by atoms with E-state index in [2.05, 4.69) is 31.8 Å². The number of benzene rings is 1. The van der Waals surface area contributed by atoms with Crippen LogP contribution >= 0.6 is 11.6 Å². The van der Waals surface area contributed by atoms with E-state index in [9.17, 15) is 4.79 Å². The molecule has 1 atom stereocenters. The fraction of sp³-hybridized carbons (Fsp3) is 0.500. The molecule has 0 bridgehead atoms. The first kappa shape index (κ1) is 18.8. The van der Waals surface area contributed by atoms with Gasteiger partial charge in [-0.15, -0.1) is 0 Å². The molecule has 26 heavy (non-hydrogen) atoms. The summed E-state index contributed by atoms with van der Waals surface area (Å²) in [7, 11) is 0. The average Bonchev–Trinajstić information content (AvgIpc) is 2.93. The number of allylic oxidation sites excluding steroid dienone is 2. The van der Waals surface area contributed by atoms with Crippen molar-refractivity contribution in [1.82, 2.24) is 9.88 Å². The van der Waals surface area contributed by atoms with Crippen molar-refractivity contribution >= 4 is 28.6 Å². The second-order valence-corrected chi connectivity index (χ2v) is 8.14. The Hall–Kier alpha value is -2.01. The number of nitrogens with zero attached hydrogens (tertiary/aromatic N) is 2. The van der Waals surface area contributed by atoms with Crippen LogP contribution < -0.4 is 4.74 Å². The first-order valence-electron chi connectivity index (χ1n) is 8.97. The normalized spacial score (nSPS) is 19.3. The first-order valence-corrected chi connectivity index (χ1v) is 9.35. The molecule has 5 nitrogen and oxygen atoms in total. The summed E-state index contributed by atoms with van der Waals surface area (Å²) in [5.74, 6) is 0.363. The van der Waals surface area contributed by atoms with Gasteiger partial charge in [-0.1, -0.05) is 38.4 Å². The fourth-order valence-corrected chi connectivity index (χ4v) is 3.91. The highest BCUT2D eigenvalue weighted by Crippen LogP contribution is 2.39.